The summed E-state index contributed by atoms with van der Waals surface area (Å²) >= 11 is 0. The van der Waals surface area contributed by atoms with Crippen LogP contribution in [0.4, 0.5) is 14.5 Å². The minimum absolute atomic E-state index is 0. The number of fused-ring (bicyclic) bond motifs is 2. The molecular formula is C29H35F2N3O6S. The van der Waals surface area contributed by atoms with Gasteiger partial charge in [-0.1, -0.05) is 26.8 Å². The van der Waals surface area contributed by atoms with Crippen molar-refractivity contribution < 1.29 is 38.0 Å². The van der Waals surface area contributed by atoms with Gasteiger partial charge in [-0.05, 0) is 67.6 Å². The largest absolute Gasteiger partial charge is 0.586 e. The third-order valence-corrected chi connectivity index (χ3v) is 9.86. The maximum absolute atomic E-state index is 13.5. The number of alkyl halides is 2. The van der Waals surface area contributed by atoms with Gasteiger partial charge in [-0.2, -0.15) is 0 Å². The molecule has 0 saturated heterocycles. The molecule has 1 aromatic heterocycles. The van der Waals surface area contributed by atoms with Gasteiger partial charge < -0.3 is 24.5 Å². The summed E-state index contributed by atoms with van der Waals surface area (Å²) in [6.45, 7) is 6.29. The number of nitrogens with one attached hydrogen (secondary N) is 2. The molecule has 1 amide bonds. The number of aromatic nitrogens is 1. The molecular weight excluding hydrogens is 556 g/mol. The van der Waals surface area contributed by atoms with Crippen LogP contribution in [0.2, 0.25) is 0 Å². The van der Waals surface area contributed by atoms with Crippen molar-refractivity contribution in [3.05, 3.63) is 53.7 Å². The van der Waals surface area contributed by atoms with E-state index >= 15 is 0 Å². The predicted molar refractivity (Wildman–Crippen MR) is 151 cm³/mol. The molecule has 3 aromatic rings. The van der Waals surface area contributed by atoms with E-state index < -0.39 is 27.8 Å². The fourth-order valence-corrected chi connectivity index (χ4v) is 6.84. The van der Waals surface area contributed by atoms with Gasteiger partial charge in [0.05, 0.1) is 23.3 Å². The summed E-state index contributed by atoms with van der Waals surface area (Å²) in [4.78, 5) is 13.4. The van der Waals surface area contributed by atoms with Gasteiger partial charge in [0.15, 0.2) is 11.5 Å². The molecule has 2 saturated carbocycles. The molecule has 0 radical (unpaired) electrons. The summed E-state index contributed by atoms with van der Waals surface area (Å²) < 4.78 is 64.9. The van der Waals surface area contributed by atoms with E-state index in [1.807, 2.05) is 22.8 Å². The Hall–Kier alpha value is -3.22. The zero-order valence-corrected chi connectivity index (χ0v) is 23.9. The number of carbonyl (C=O) groups is 1. The van der Waals surface area contributed by atoms with Crippen molar-refractivity contribution in [2.24, 2.45) is 0 Å². The minimum atomic E-state index is -3.72. The molecule has 1 aliphatic heterocycles. The lowest BCUT2D eigenvalue weighted by molar-refractivity contribution is -0.286. The second-order valence-corrected chi connectivity index (χ2v) is 14.3. The van der Waals surface area contributed by atoms with E-state index in [1.165, 1.54) is 12.1 Å². The number of benzene rings is 2. The van der Waals surface area contributed by atoms with Gasteiger partial charge in [-0.15, -0.1) is 8.78 Å². The van der Waals surface area contributed by atoms with Crippen molar-refractivity contribution in [3.63, 3.8) is 0 Å². The molecule has 222 valence electrons. The number of amides is 1. The molecule has 3 aliphatic rings. The average Bonchev–Trinajstić information content (AvgIpc) is 3.80. The number of hydrogen-bond donors (Lipinski definition) is 3. The topological polar surface area (TPSA) is 119 Å². The Morgan fingerprint density at radius 3 is 2.49 bits per heavy atom. The Labute approximate surface area is 238 Å². The molecule has 9 nitrogen and oxygen atoms in total. The number of ether oxygens (including phenoxy) is 2. The standard InChI is InChI=1S/C29H33F2N3O6S.H2/c1-27(2,3)25-13-17-12-19(5-8-22(17)34(25)16-20(35)15-32-41(37,38)21-6-7-21)33-26(36)28(10-11-28)18-4-9-23-24(14-18)40-29(30,31)39-23;/h4-5,8-9,12-14,20-21,32,35H,6-7,10-11,15-16H2,1-3H3,(H,33,36);1H/t20-;/m0./s1. The molecule has 6 rings (SSSR count). The van der Waals surface area contributed by atoms with Gasteiger partial charge in [0.25, 0.3) is 0 Å². The van der Waals surface area contributed by atoms with Crippen LogP contribution in [0.1, 0.15) is 59.1 Å². The van der Waals surface area contributed by atoms with E-state index in [0.29, 0.717) is 36.9 Å². The first kappa shape index (κ1) is 27.9. The first-order valence-electron chi connectivity index (χ1n) is 13.7. The Bertz CT molecular complexity index is 1640. The maximum atomic E-state index is 13.5. The summed E-state index contributed by atoms with van der Waals surface area (Å²) in [7, 11) is -3.40. The average molecular weight is 592 g/mol. The Kier molecular flexibility index (Phi) is 6.40. The molecule has 2 aromatic carbocycles. The van der Waals surface area contributed by atoms with Gasteiger partial charge in [-0.3, -0.25) is 4.79 Å². The van der Waals surface area contributed by atoms with Crippen LogP contribution in [0.3, 0.4) is 0 Å². The number of sulfonamides is 1. The van der Waals surface area contributed by atoms with Crippen LogP contribution in [-0.2, 0) is 32.2 Å². The van der Waals surface area contributed by atoms with Crippen LogP contribution in [0.5, 0.6) is 11.5 Å². The fourth-order valence-electron chi connectivity index (χ4n) is 5.42. The monoisotopic (exact) mass is 591 g/mol. The van der Waals surface area contributed by atoms with Crippen LogP contribution < -0.4 is 19.5 Å². The molecule has 0 unspecified atom stereocenters. The number of anilines is 1. The number of carbonyl (C=O) groups excluding carboxylic acids is 1. The van der Waals surface area contributed by atoms with E-state index in [0.717, 1.165) is 16.6 Å². The highest BCUT2D eigenvalue weighted by Crippen LogP contribution is 2.52. The van der Waals surface area contributed by atoms with Gasteiger partial charge in [0.2, 0.25) is 15.9 Å². The zero-order chi connectivity index (χ0) is 29.4. The van der Waals surface area contributed by atoms with Crippen LogP contribution >= 0.6 is 0 Å². The van der Waals surface area contributed by atoms with Crippen molar-refractivity contribution >= 4 is 32.5 Å². The molecule has 3 N–H and O–H groups in total. The number of halogens is 2. The molecule has 41 heavy (non-hydrogen) atoms. The summed E-state index contributed by atoms with van der Waals surface area (Å²) in [5.74, 6) is -0.395. The summed E-state index contributed by atoms with van der Waals surface area (Å²) in [6.07, 6.45) is -2.21. The van der Waals surface area contributed by atoms with Gasteiger partial charge in [0, 0.05) is 35.7 Å². The van der Waals surface area contributed by atoms with E-state index in [9.17, 15) is 27.1 Å². The first-order valence-corrected chi connectivity index (χ1v) is 15.2. The molecule has 1 atom stereocenters. The minimum Gasteiger partial charge on any atom is -0.395 e. The molecule has 2 fully saturated rings. The third kappa shape index (κ3) is 5.40. The fraction of sp³-hybridized carbons (Fsp3) is 0.483. The summed E-state index contributed by atoms with van der Waals surface area (Å²) in [5.41, 5.74) is 1.85. The van der Waals surface area contributed by atoms with E-state index in [-0.39, 0.29) is 42.6 Å². The molecule has 0 spiro atoms. The lowest BCUT2D eigenvalue weighted by atomic mass is 9.92. The van der Waals surface area contributed by atoms with Crippen molar-refractivity contribution in [2.45, 2.75) is 81.5 Å². The molecule has 0 bridgehead atoms. The highest BCUT2D eigenvalue weighted by molar-refractivity contribution is 7.90. The smallest absolute Gasteiger partial charge is 0.395 e. The van der Waals surface area contributed by atoms with Crippen molar-refractivity contribution in [1.29, 1.82) is 0 Å². The lowest BCUT2D eigenvalue weighted by Gasteiger charge is -2.24. The Morgan fingerprint density at radius 1 is 1.12 bits per heavy atom. The molecule has 2 aliphatic carbocycles. The SMILES string of the molecule is CC(C)(C)c1cc2cc(NC(=O)C3(c4ccc5c(c4)OC(F)(F)O5)CC3)ccc2n1C[C@@H](O)CNS(=O)(=O)C1CC1.[HH]. The van der Waals surface area contributed by atoms with Crippen LogP contribution in [0.15, 0.2) is 42.5 Å². The van der Waals surface area contributed by atoms with Crippen molar-refractivity contribution in [2.75, 3.05) is 11.9 Å². The Morgan fingerprint density at radius 2 is 1.83 bits per heavy atom. The molecule has 12 heteroatoms. The van der Waals surface area contributed by atoms with E-state index in [2.05, 4.69) is 40.3 Å². The van der Waals surface area contributed by atoms with Crippen LogP contribution in [-0.4, -0.2) is 48.2 Å². The van der Waals surface area contributed by atoms with E-state index in [4.69, 9.17) is 0 Å². The lowest BCUT2D eigenvalue weighted by Crippen LogP contribution is -2.36. The Balaban J connectivity index is 0.00000353. The third-order valence-electron chi connectivity index (χ3n) is 7.94. The maximum Gasteiger partial charge on any atom is 0.586 e. The van der Waals surface area contributed by atoms with Crippen LogP contribution in [0.25, 0.3) is 10.9 Å². The molecule has 2 heterocycles. The first-order chi connectivity index (χ1) is 19.2. The van der Waals surface area contributed by atoms with Crippen molar-refractivity contribution in [3.8, 4) is 11.5 Å². The zero-order valence-electron chi connectivity index (χ0n) is 23.0. The summed E-state index contributed by atoms with van der Waals surface area (Å²) in [6, 6.07) is 12.0. The van der Waals surface area contributed by atoms with Crippen LogP contribution in [0, 0.1) is 0 Å². The number of nitrogens with zero attached hydrogens (tertiary/aromatic N) is 1. The van der Waals surface area contributed by atoms with Crippen molar-refractivity contribution in [1.82, 2.24) is 9.29 Å². The van der Waals surface area contributed by atoms with E-state index in [1.54, 1.807) is 12.1 Å². The quantitative estimate of drug-likeness (QED) is 0.334. The number of aliphatic hydroxyl groups excluding tert-OH is 1. The van der Waals surface area contributed by atoms with Gasteiger partial charge in [0.1, 0.15) is 0 Å². The van der Waals surface area contributed by atoms with Gasteiger partial charge >= 0.3 is 6.29 Å². The normalized spacial score (nSPS) is 19.8. The predicted octanol–water partition coefficient (Wildman–Crippen LogP) is 4.62. The second-order valence-electron chi connectivity index (χ2n) is 12.3. The second kappa shape index (κ2) is 9.40. The van der Waals surface area contributed by atoms with Gasteiger partial charge in [-0.25, -0.2) is 13.1 Å². The number of aliphatic hydroxyl groups is 1. The summed E-state index contributed by atoms with van der Waals surface area (Å²) in [5, 5.41) is 14.2. The highest BCUT2D eigenvalue weighted by Gasteiger charge is 2.53. The number of rotatable bonds is 9. The number of hydrogen-bond acceptors (Lipinski definition) is 6. The highest BCUT2D eigenvalue weighted by atomic mass is 32.2.